The fourth-order valence-electron chi connectivity index (χ4n) is 4.33. The van der Waals surface area contributed by atoms with E-state index in [9.17, 15) is 0 Å². The first-order valence-electron chi connectivity index (χ1n) is 11.7. The fourth-order valence-corrected chi connectivity index (χ4v) is 7.50. The van der Waals surface area contributed by atoms with Crippen LogP contribution in [0.15, 0.2) is 133 Å². The van der Waals surface area contributed by atoms with Crippen molar-refractivity contribution in [2.24, 2.45) is 5.92 Å². The Hall–Kier alpha value is -3.20. The normalized spacial score (nSPS) is 13.6. The summed E-state index contributed by atoms with van der Waals surface area (Å²) in [6, 6.07) is 42.9. The molecular weight excluding hydrogens is 416 g/mol. The van der Waals surface area contributed by atoms with Gasteiger partial charge in [-0.2, -0.15) is 0 Å². The molecule has 0 bridgehead atoms. The van der Waals surface area contributed by atoms with Crippen LogP contribution in [-0.2, 0) is 11.3 Å². The third-order valence-corrected chi connectivity index (χ3v) is 10.3. The van der Waals surface area contributed by atoms with Gasteiger partial charge in [0, 0.05) is 5.92 Å². The predicted molar refractivity (Wildman–Crippen MR) is 142 cm³/mol. The first-order valence-corrected chi connectivity index (χ1v) is 14.3. The van der Waals surface area contributed by atoms with E-state index in [0.29, 0.717) is 6.61 Å². The van der Waals surface area contributed by atoms with Crippen LogP contribution < -0.4 is 10.4 Å². The van der Waals surface area contributed by atoms with Gasteiger partial charge in [-0.15, -0.1) is 0 Å². The molecule has 0 aliphatic rings. The molecule has 0 saturated carbocycles. The summed E-state index contributed by atoms with van der Waals surface area (Å²) in [4.78, 5) is 0. The van der Waals surface area contributed by atoms with E-state index < -0.39 is 8.07 Å². The van der Waals surface area contributed by atoms with Gasteiger partial charge < -0.3 is 4.74 Å². The molecule has 0 saturated heterocycles. The van der Waals surface area contributed by atoms with Gasteiger partial charge in [0.05, 0.1) is 12.7 Å². The van der Waals surface area contributed by atoms with E-state index in [2.05, 4.69) is 141 Å². The Balaban J connectivity index is 1.63. The van der Waals surface area contributed by atoms with Gasteiger partial charge in [-0.3, -0.25) is 0 Å². The standard InChI is InChI=1S/C31H32OSi/c1-26(31(28-17-9-4-10-18-28)32-25-27-15-7-3-8-16-27)23-24-33(2,29-19-11-5-12-20-29)30-21-13-6-14-22-30/h3-24,26,31H,25H2,1-2H3/b24-23+/t26-,31+/m1/s1. The molecule has 4 rings (SSSR count). The third-order valence-electron chi connectivity index (χ3n) is 6.36. The second-order valence-electron chi connectivity index (χ2n) is 8.78. The monoisotopic (exact) mass is 448 g/mol. The molecule has 0 aliphatic carbocycles. The molecule has 0 radical (unpaired) electrons. The van der Waals surface area contributed by atoms with Crippen LogP contribution in [0.3, 0.4) is 0 Å². The Bertz CT molecular complexity index is 1090. The number of ether oxygens (including phenoxy) is 1. The maximum Gasteiger partial charge on any atom is 0.137 e. The quantitative estimate of drug-likeness (QED) is 0.263. The molecule has 0 N–H and O–H groups in total. The van der Waals surface area contributed by atoms with Crippen molar-refractivity contribution >= 4 is 18.4 Å². The molecule has 0 aromatic heterocycles. The molecular formula is C31H32OSi. The fraction of sp³-hybridized carbons (Fsp3) is 0.161. The first-order chi connectivity index (χ1) is 16.2. The molecule has 2 heteroatoms. The lowest BCUT2D eigenvalue weighted by molar-refractivity contribution is 0.0165. The van der Waals surface area contributed by atoms with Crippen molar-refractivity contribution < 1.29 is 4.74 Å². The average molecular weight is 449 g/mol. The zero-order valence-corrected chi connectivity index (χ0v) is 20.5. The highest BCUT2D eigenvalue weighted by molar-refractivity contribution is 7.05. The van der Waals surface area contributed by atoms with E-state index in [1.165, 1.54) is 21.5 Å². The van der Waals surface area contributed by atoms with Crippen LogP contribution in [0, 0.1) is 5.92 Å². The first kappa shape index (κ1) is 23.0. The minimum absolute atomic E-state index is 0.00699. The maximum atomic E-state index is 6.52. The Morgan fingerprint density at radius 3 is 1.64 bits per heavy atom. The predicted octanol–water partition coefficient (Wildman–Crippen LogP) is 6.57. The molecule has 0 spiro atoms. The van der Waals surface area contributed by atoms with Crippen LogP contribution in [0.25, 0.3) is 0 Å². The van der Waals surface area contributed by atoms with Crippen molar-refractivity contribution in [1.29, 1.82) is 0 Å². The molecule has 33 heavy (non-hydrogen) atoms. The largest absolute Gasteiger partial charge is 0.368 e. The Morgan fingerprint density at radius 2 is 1.12 bits per heavy atom. The third kappa shape index (κ3) is 5.78. The lowest BCUT2D eigenvalue weighted by Gasteiger charge is -2.27. The second kappa shape index (κ2) is 11.1. The molecule has 4 aromatic carbocycles. The second-order valence-corrected chi connectivity index (χ2v) is 12.7. The van der Waals surface area contributed by atoms with E-state index in [4.69, 9.17) is 4.74 Å². The van der Waals surface area contributed by atoms with Gasteiger partial charge in [0.25, 0.3) is 0 Å². The summed E-state index contributed by atoms with van der Waals surface area (Å²) in [6.07, 6.45) is 2.38. The molecule has 4 aromatic rings. The number of hydrogen-bond donors (Lipinski definition) is 0. The highest BCUT2D eigenvalue weighted by atomic mass is 28.3. The van der Waals surface area contributed by atoms with Gasteiger partial charge in [-0.1, -0.05) is 157 Å². The van der Waals surface area contributed by atoms with Crippen molar-refractivity contribution in [2.45, 2.75) is 26.2 Å². The lowest BCUT2D eigenvalue weighted by Crippen LogP contribution is -2.54. The van der Waals surface area contributed by atoms with Crippen LogP contribution >= 0.6 is 0 Å². The van der Waals surface area contributed by atoms with Crippen molar-refractivity contribution in [3.8, 4) is 0 Å². The van der Waals surface area contributed by atoms with Gasteiger partial charge >= 0.3 is 0 Å². The van der Waals surface area contributed by atoms with Gasteiger partial charge in [0.15, 0.2) is 0 Å². The highest BCUT2D eigenvalue weighted by Gasteiger charge is 2.29. The van der Waals surface area contributed by atoms with Crippen molar-refractivity contribution in [2.75, 3.05) is 0 Å². The molecule has 0 aliphatic heterocycles. The van der Waals surface area contributed by atoms with Gasteiger partial charge in [-0.05, 0) is 11.1 Å². The van der Waals surface area contributed by atoms with Crippen LogP contribution in [0.4, 0.5) is 0 Å². The van der Waals surface area contributed by atoms with E-state index in [1.54, 1.807) is 0 Å². The zero-order chi connectivity index (χ0) is 22.9. The van der Waals surface area contributed by atoms with Gasteiger partial charge in [0.1, 0.15) is 8.07 Å². The van der Waals surface area contributed by atoms with Crippen molar-refractivity contribution in [1.82, 2.24) is 0 Å². The summed E-state index contributed by atoms with van der Waals surface area (Å²) >= 11 is 0. The van der Waals surface area contributed by atoms with Gasteiger partial charge in [0.2, 0.25) is 0 Å². The Labute approximate surface area is 199 Å². The van der Waals surface area contributed by atoms with Crippen LogP contribution in [-0.4, -0.2) is 8.07 Å². The maximum absolute atomic E-state index is 6.52. The van der Waals surface area contributed by atoms with Crippen LogP contribution in [0.5, 0.6) is 0 Å². The number of benzene rings is 4. The summed E-state index contributed by atoms with van der Waals surface area (Å²) in [7, 11) is -2.03. The number of rotatable bonds is 9. The van der Waals surface area contributed by atoms with E-state index in [1.807, 2.05) is 6.07 Å². The Morgan fingerprint density at radius 1 is 0.667 bits per heavy atom. The summed E-state index contributed by atoms with van der Waals surface area (Å²) in [6.45, 7) is 5.30. The van der Waals surface area contributed by atoms with E-state index >= 15 is 0 Å². The van der Waals surface area contributed by atoms with Crippen LogP contribution in [0.1, 0.15) is 24.2 Å². The summed E-state index contributed by atoms with van der Waals surface area (Å²) in [5.74, 6) is 0.232. The van der Waals surface area contributed by atoms with E-state index in [0.717, 1.165) is 0 Å². The minimum atomic E-state index is -2.03. The lowest BCUT2D eigenvalue weighted by atomic mass is 9.97. The molecule has 1 nitrogen and oxygen atoms in total. The molecule has 0 heterocycles. The van der Waals surface area contributed by atoms with Crippen molar-refractivity contribution in [3.63, 3.8) is 0 Å². The topological polar surface area (TPSA) is 9.23 Å². The van der Waals surface area contributed by atoms with Gasteiger partial charge in [-0.25, -0.2) is 0 Å². The SMILES string of the molecule is C[C@H](/C=C/[Si](C)(c1ccccc1)c1ccccc1)[C@H](OCc1ccccc1)c1ccccc1. The van der Waals surface area contributed by atoms with Crippen molar-refractivity contribution in [3.05, 3.63) is 144 Å². The zero-order valence-electron chi connectivity index (χ0n) is 19.5. The molecule has 0 unspecified atom stereocenters. The molecule has 0 amide bonds. The minimum Gasteiger partial charge on any atom is -0.368 e. The summed E-state index contributed by atoms with van der Waals surface area (Å²) < 4.78 is 6.52. The Kier molecular flexibility index (Phi) is 7.72. The number of hydrogen-bond acceptors (Lipinski definition) is 1. The molecule has 166 valence electrons. The van der Waals surface area contributed by atoms with Crippen LogP contribution in [0.2, 0.25) is 6.55 Å². The summed E-state index contributed by atoms with van der Waals surface area (Å²) in [5, 5.41) is 2.84. The van der Waals surface area contributed by atoms with E-state index in [-0.39, 0.29) is 12.0 Å². The average Bonchev–Trinajstić information content (AvgIpc) is 2.89. The molecule has 2 atom stereocenters. The smallest absolute Gasteiger partial charge is 0.137 e. The summed E-state index contributed by atoms with van der Waals surface area (Å²) in [5.41, 5.74) is 4.90. The highest BCUT2D eigenvalue weighted by Crippen LogP contribution is 2.29. The molecule has 0 fully saturated rings.